The van der Waals surface area contributed by atoms with Crippen LogP contribution in [0.5, 0.6) is 11.5 Å². The molecule has 3 atom stereocenters. The van der Waals surface area contributed by atoms with Crippen molar-refractivity contribution in [2.75, 3.05) is 26.2 Å². The zero-order valence-electron chi connectivity index (χ0n) is 16.3. The van der Waals surface area contributed by atoms with Crippen molar-refractivity contribution in [2.24, 2.45) is 5.92 Å². The maximum Gasteiger partial charge on any atom is 0.120 e. The molecule has 2 aromatic rings. The standard InChI is InChI=1S/C23H30N2O2/c1-17-14-25-11-10-24(15-18-6-3-4-9-22(18)27)16-20(25)13-23(17,2)19-7-5-8-21(26)12-19/h3-9,12,17,20,26-27H,10-11,13-16H2,1-2H3/t17?,20?,23-/m1/s1. The molecule has 0 bridgehead atoms. The van der Waals surface area contributed by atoms with Crippen LogP contribution < -0.4 is 0 Å². The second-order valence-corrected chi connectivity index (χ2v) is 8.59. The number of piperidine rings is 1. The molecule has 4 nitrogen and oxygen atoms in total. The molecule has 2 fully saturated rings. The fourth-order valence-corrected chi connectivity index (χ4v) is 4.93. The third-order valence-corrected chi connectivity index (χ3v) is 6.84. The highest BCUT2D eigenvalue weighted by Crippen LogP contribution is 2.43. The van der Waals surface area contributed by atoms with Crippen LogP contribution >= 0.6 is 0 Å². The Morgan fingerprint density at radius 1 is 1.04 bits per heavy atom. The molecule has 2 heterocycles. The lowest BCUT2D eigenvalue weighted by Gasteiger charge is -2.53. The summed E-state index contributed by atoms with van der Waals surface area (Å²) in [5.41, 5.74) is 2.32. The third-order valence-electron chi connectivity index (χ3n) is 6.84. The van der Waals surface area contributed by atoms with Gasteiger partial charge in [0.1, 0.15) is 11.5 Å². The van der Waals surface area contributed by atoms with Crippen LogP contribution in [0.2, 0.25) is 0 Å². The van der Waals surface area contributed by atoms with Crippen LogP contribution in [-0.2, 0) is 12.0 Å². The topological polar surface area (TPSA) is 46.9 Å². The van der Waals surface area contributed by atoms with Gasteiger partial charge < -0.3 is 10.2 Å². The smallest absolute Gasteiger partial charge is 0.120 e. The van der Waals surface area contributed by atoms with Crippen molar-refractivity contribution in [3.63, 3.8) is 0 Å². The van der Waals surface area contributed by atoms with Crippen molar-refractivity contribution >= 4 is 0 Å². The first-order valence-electron chi connectivity index (χ1n) is 9.98. The summed E-state index contributed by atoms with van der Waals surface area (Å²) in [6.07, 6.45) is 1.09. The van der Waals surface area contributed by atoms with Crippen LogP contribution in [0, 0.1) is 5.92 Å². The molecule has 0 spiro atoms. The summed E-state index contributed by atoms with van der Waals surface area (Å²) in [5, 5.41) is 20.1. The lowest BCUT2D eigenvalue weighted by Crippen LogP contribution is -2.60. The van der Waals surface area contributed by atoms with E-state index in [9.17, 15) is 10.2 Å². The molecule has 0 radical (unpaired) electrons. The van der Waals surface area contributed by atoms with E-state index in [1.165, 1.54) is 5.56 Å². The van der Waals surface area contributed by atoms with E-state index < -0.39 is 0 Å². The van der Waals surface area contributed by atoms with Gasteiger partial charge in [-0.2, -0.15) is 0 Å². The Morgan fingerprint density at radius 3 is 2.63 bits per heavy atom. The number of hydrogen-bond donors (Lipinski definition) is 2. The van der Waals surface area contributed by atoms with Gasteiger partial charge in [0, 0.05) is 44.3 Å². The second-order valence-electron chi connectivity index (χ2n) is 8.59. The largest absolute Gasteiger partial charge is 0.508 e. The van der Waals surface area contributed by atoms with Gasteiger partial charge in [0.2, 0.25) is 0 Å². The number of nitrogens with zero attached hydrogens (tertiary/aromatic N) is 2. The zero-order valence-corrected chi connectivity index (χ0v) is 16.3. The molecule has 2 saturated heterocycles. The first-order chi connectivity index (χ1) is 13.0. The fourth-order valence-electron chi connectivity index (χ4n) is 4.93. The monoisotopic (exact) mass is 366 g/mol. The third kappa shape index (κ3) is 3.56. The summed E-state index contributed by atoms with van der Waals surface area (Å²) < 4.78 is 0. The van der Waals surface area contributed by atoms with E-state index in [1.807, 2.05) is 30.3 Å². The number of aromatic hydroxyl groups is 2. The normalized spacial score (nSPS) is 29.4. The zero-order chi connectivity index (χ0) is 19.0. The first-order valence-corrected chi connectivity index (χ1v) is 9.98. The second kappa shape index (κ2) is 7.17. The minimum atomic E-state index is 0.0673. The Hall–Kier alpha value is -2.04. The maximum atomic E-state index is 10.1. The molecule has 0 aromatic heterocycles. The van der Waals surface area contributed by atoms with Gasteiger partial charge in [0.25, 0.3) is 0 Å². The molecule has 0 aliphatic carbocycles. The van der Waals surface area contributed by atoms with Crippen LogP contribution in [0.25, 0.3) is 0 Å². The minimum Gasteiger partial charge on any atom is -0.508 e. The van der Waals surface area contributed by atoms with Gasteiger partial charge in [0.15, 0.2) is 0 Å². The summed E-state index contributed by atoms with van der Waals surface area (Å²) in [6, 6.07) is 16.0. The highest BCUT2D eigenvalue weighted by atomic mass is 16.3. The van der Waals surface area contributed by atoms with E-state index in [1.54, 1.807) is 12.1 Å². The molecule has 2 aliphatic heterocycles. The number of phenols is 2. The van der Waals surface area contributed by atoms with Crippen molar-refractivity contribution in [1.29, 1.82) is 0 Å². The van der Waals surface area contributed by atoms with Crippen molar-refractivity contribution in [3.8, 4) is 11.5 Å². The van der Waals surface area contributed by atoms with Gasteiger partial charge in [-0.1, -0.05) is 44.2 Å². The summed E-state index contributed by atoms with van der Waals surface area (Å²) in [6.45, 7) is 9.74. The van der Waals surface area contributed by atoms with Crippen LogP contribution in [0.15, 0.2) is 48.5 Å². The van der Waals surface area contributed by atoms with Crippen molar-refractivity contribution in [1.82, 2.24) is 9.80 Å². The SMILES string of the molecule is CC1CN2CCN(Cc3ccccc3O)CC2C[C@@]1(C)c1cccc(O)c1. The number of rotatable bonds is 3. The van der Waals surface area contributed by atoms with Gasteiger partial charge in [0.05, 0.1) is 0 Å². The van der Waals surface area contributed by atoms with Crippen molar-refractivity contribution < 1.29 is 10.2 Å². The number of piperazine rings is 1. The molecule has 27 heavy (non-hydrogen) atoms. The van der Waals surface area contributed by atoms with Gasteiger partial charge >= 0.3 is 0 Å². The quantitative estimate of drug-likeness (QED) is 0.872. The molecule has 0 saturated carbocycles. The lowest BCUT2D eigenvalue weighted by molar-refractivity contribution is -0.00573. The first kappa shape index (κ1) is 18.3. The molecule has 4 rings (SSSR count). The number of hydrogen-bond acceptors (Lipinski definition) is 4. The predicted octanol–water partition coefficient (Wildman–Crippen LogP) is 3.58. The van der Waals surface area contributed by atoms with Gasteiger partial charge in [-0.3, -0.25) is 9.80 Å². The van der Waals surface area contributed by atoms with E-state index >= 15 is 0 Å². The average molecular weight is 367 g/mol. The van der Waals surface area contributed by atoms with E-state index in [4.69, 9.17) is 0 Å². The Kier molecular flexibility index (Phi) is 4.87. The summed E-state index contributed by atoms with van der Waals surface area (Å²) in [5.74, 6) is 1.29. The number of para-hydroxylation sites is 1. The number of benzene rings is 2. The number of fused-ring (bicyclic) bond motifs is 1. The van der Waals surface area contributed by atoms with Gasteiger partial charge in [-0.15, -0.1) is 0 Å². The molecule has 2 N–H and O–H groups in total. The highest BCUT2D eigenvalue weighted by molar-refractivity contribution is 5.34. The van der Waals surface area contributed by atoms with Crippen LogP contribution in [-0.4, -0.2) is 52.2 Å². The summed E-state index contributed by atoms with van der Waals surface area (Å²) >= 11 is 0. The molecule has 2 aromatic carbocycles. The highest BCUT2D eigenvalue weighted by Gasteiger charge is 2.44. The molecule has 2 aliphatic rings. The predicted molar refractivity (Wildman–Crippen MR) is 108 cm³/mol. The fraction of sp³-hybridized carbons (Fsp3) is 0.478. The number of phenolic OH excluding ortho intramolecular Hbond substituents is 2. The Labute approximate surface area is 162 Å². The molecule has 2 unspecified atom stereocenters. The van der Waals surface area contributed by atoms with Gasteiger partial charge in [-0.05, 0) is 41.5 Å². The van der Waals surface area contributed by atoms with Crippen LogP contribution in [0.4, 0.5) is 0 Å². The average Bonchev–Trinajstić information content (AvgIpc) is 2.65. The van der Waals surface area contributed by atoms with E-state index in [-0.39, 0.29) is 5.41 Å². The van der Waals surface area contributed by atoms with E-state index in [0.717, 1.165) is 44.7 Å². The van der Waals surface area contributed by atoms with Gasteiger partial charge in [-0.25, -0.2) is 0 Å². The summed E-state index contributed by atoms with van der Waals surface area (Å²) in [7, 11) is 0. The van der Waals surface area contributed by atoms with E-state index in [0.29, 0.717) is 23.5 Å². The lowest BCUT2D eigenvalue weighted by atomic mass is 9.65. The molecule has 0 amide bonds. The van der Waals surface area contributed by atoms with Crippen molar-refractivity contribution in [3.05, 3.63) is 59.7 Å². The molecular weight excluding hydrogens is 336 g/mol. The molecular formula is C23H30N2O2. The molecule has 4 heteroatoms. The van der Waals surface area contributed by atoms with Crippen molar-refractivity contribution in [2.45, 2.75) is 38.3 Å². The van der Waals surface area contributed by atoms with Crippen LogP contribution in [0.3, 0.4) is 0 Å². The van der Waals surface area contributed by atoms with E-state index in [2.05, 4.69) is 29.7 Å². The minimum absolute atomic E-state index is 0.0673. The Morgan fingerprint density at radius 2 is 1.85 bits per heavy atom. The summed E-state index contributed by atoms with van der Waals surface area (Å²) in [4.78, 5) is 5.10. The molecule has 144 valence electrons. The maximum absolute atomic E-state index is 10.1. The Bertz CT molecular complexity index is 808. The van der Waals surface area contributed by atoms with Crippen LogP contribution in [0.1, 0.15) is 31.4 Å². The Balaban J connectivity index is 1.51.